The lowest BCUT2D eigenvalue weighted by molar-refractivity contribution is 0.0694. The Hall–Kier alpha value is -2.40. The predicted molar refractivity (Wildman–Crippen MR) is 84.3 cm³/mol. The van der Waals surface area contributed by atoms with Gasteiger partial charge in [0.2, 0.25) is 0 Å². The van der Waals surface area contributed by atoms with Crippen LogP contribution in [0.4, 0.5) is 5.69 Å². The molecule has 0 unspecified atom stereocenters. The molecule has 22 heavy (non-hydrogen) atoms. The van der Waals surface area contributed by atoms with Crippen molar-refractivity contribution in [1.82, 2.24) is 4.90 Å². The van der Waals surface area contributed by atoms with Crippen LogP contribution in [-0.2, 0) is 0 Å². The Labute approximate surface area is 132 Å². The van der Waals surface area contributed by atoms with Crippen LogP contribution in [0.1, 0.15) is 29.0 Å². The highest BCUT2D eigenvalue weighted by Gasteiger charge is 2.32. The Bertz CT molecular complexity index is 725. The molecule has 0 aliphatic carbocycles. The summed E-state index contributed by atoms with van der Waals surface area (Å²) in [5.74, 6) is -0.770. The molecule has 1 atom stereocenters. The maximum absolute atomic E-state index is 12.6. The number of aromatic hydroxyl groups is 2. The molecule has 0 spiro atoms. The second kappa shape index (κ2) is 5.42. The molecule has 0 saturated heterocycles. The first kappa shape index (κ1) is 14.5. The van der Waals surface area contributed by atoms with Gasteiger partial charge in [0.05, 0.1) is 10.6 Å². The number of carbonyl (C=O) groups is 1. The molecule has 0 bridgehead atoms. The van der Waals surface area contributed by atoms with Crippen molar-refractivity contribution >= 4 is 23.2 Å². The van der Waals surface area contributed by atoms with Gasteiger partial charge in [-0.05, 0) is 31.2 Å². The van der Waals surface area contributed by atoms with Gasteiger partial charge in [0.15, 0.2) is 11.5 Å². The number of nitrogens with zero attached hydrogens (tertiary/aromatic N) is 1. The molecule has 0 saturated carbocycles. The second-order valence-electron chi connectivity index (χ2n) is 5.05. The Morgan fingerprint density at radius 1 is 1.27 bits per heavy atom. The number of para-hydroxylation sites is 1. The summed E-state index contributed by atoms with van der Waals surface area (Å²) in [6, 6.07) is 10.2. The number of hydrogen-bond acceptors (Lipinski definition) is 4. The van der Waals surface area contributed by atoms with Crippen LogP contribution < -0.4 is 5.32 Å². The largest absolute Gasteiger partial charge is 0.504 e. The van der Waals surface area contributed by atoms with Gasteiger partial charge in [-0.1, -0.05) is 23.7 Å². The van der Waals surface area contributed by atoms with E-state index in [0.717, 1.165) is 5.69 Å². The fourth-order valence-corrected chi connectivity index (χ4v) is 2.87. The van der Waals surface area contributed by atoms with E-state index in [2.05, 4.69) is 5.32 Å². The molecule has 0 radical (unpaired) electrons. The lowest BCUT2D eigenvalue weighted by Crippen LogP contribution is -2.42. The summed E-state index contributed by atoms with van der Waals surface area (Å²) >= 11 is 5.92. The summed E-state index contributed by atoms with van der Waals surface area (Å²) < 4.78 is 0. The summed E-state index contributed by atoms with van der Waals surface area (Å²) in [4.78, 5) is 14.3. The van der Waals surface area contributed by atoms with E-state index in [4.69, 9.17) is 11.6 Å². The third-order valence-electron chi connectivity index (χ3n) is 3.74. The van der Waals surface area contributed by atoms with Crippen molar-refractivity contribution in [2.45, 2.75) is 13.1 Å². The molecule has 0 aromatic heterocycles. The number of amides is 1. The molecule has 1 aliphatic rings. The van der Waals surface area contributed by atoms with Crippen molar-refractivity contribution in [2.75, 3.05) is 11.9 Å². The molecular weight excluding hydrogens is 304 g/mol. The minimum Gasteiger partial charge on any atom is -0.504 e. The third kappa shape index (κ3) is 2.23. The van der Waals surface area contributed by atoms with E-state index in [0.29, 0.717) is 17.7 Å². The van der Waals surface area contributed by atoms with Gasteiger partial charge < -0.3 is 20.4 Å². The monoisotopic (exact) mass is 318 g/mol. The van der Waals surface area contributed by atoms with Gasteiger partial charge in [0, 0.05) is 17.8 Å². The van der Waals surface area contributed by atoms with E-state index in [1.165, 1.54) is 12.1 Å². The second-order valence-corrected chi connectivity index (χ2v) is 5.46. The minimum absolute atomic E-state index is 0.0409. The summed E-state index contributed by atoms with van der Waals surface area (Å²) in [7, 11) is 0. The number of phenolic OH excluding ortho intramolecular Hbond substituents is 2. The van der Waals surface area contributed by atoms with Gasteiger partial charge in [-0.2, -0.15) is 0 Å². The van der Waals surface area contributed by atoms with Crippen molar-refractivity contribution in [3.05, 3.63) is 52.5 Å². The SMILES string of the molecule is CCN1C(=O)c2ccccc2N[C@@H]1c1cc(O)c(O)c(Cl)c1. The maximum Gasteiger partial charge on any atom is 0.257 e. The summed E-state index contributed by atoms with van der Waals surface area (Å²) in [6.45, 7) is 2.37. The number of fused-ring (bicyclic) bond motifs is 1. The first-order chi connectivity index (χ1) is 10.5. The number of rotatable bonds is 2. The molecule has 1 heterocycles. The molecule has 0 fully saturated rings. The fourth-order valence-electron chi connectivity index (χ4n) is 2.64. The molecule has 2 aromatic rings. The van der Waals surface area contributed by atoms with Crippen LogP contribution >= 0.6 is 11.6 Å². The molecular formula is C16H15ClN2O3. The zero-order valence-electron chi connectivity index (χ0n) is 11.9. The van der Waals surface area contributed by atoms with Gasteiger partial charge in [0.25, 0.3) is 5.91 Å². The summed E-state index contributed by atoms with van der Waals surface area (Å²) in [6.07, 6.45) is -0.462. The van der Waals surface area contributed by atoms with Crippen molar-refractivity contribution < 1.29 is 15.0 Å². The smallest absolute Gasteiger partial charge is 0.257 e. The fraction of sp³-hybridized carbons (Fsp3) is 0.188. The van der Waals surface area contributed by atoms with Crippen LogP contribution in [0.25, 0.3) is 0 Å². The topological polar surface area (TPSA) is 72.8 Å². The van der Waals surface area contributed by atoms with E-state index in [-0.39, 0.29) is 22.4 Å². The summed E-state index contributed by atoms with van der Waals surface area (Å²) in [5, 5.41) is 22.7. The van der Waals surface area contributed by atoms with E-state index < -0.39 is 6.17 Å². The molecule has 2 aromatic carbocycles. The van der Waals surface area contributed by atoms with Gasteiger partial charge in [-0.15, -0.1) is 0 Å². The van der Waals surface area contributed by atoms with Crippen molar-refractivity contribution in [2.24, 2.45) is 0 Å². The van der Waals surface area contributed by atoms with Crippen LogP contribution in [0, 0.1) is 0 Å². The maximum atomic E-state index is 12.6. The first-order valence-corrected chi connectivity index (χ1v) is 7.28. The molecule has 5 nitrogen and oxygen atoms in total. The number of carbonyl (C=O) groups excluding carboxylic acids is 1. The number of hydrogen-bond donors (Lipinski definition) is 3. The van der Waals surface area contributed by atoms with Gasteiger partial charge in [-0.25, -0.2) is 0 Å². The minimum atomic E-state index is -0.462. The lowest BCUT2D eigenvalue weighted by atomic mass is 10.0. The average molecular weight is 319 g/mol. The van der Waals surface area contributed by atoms with E-state index >= 15 is 0 Å². The Kier molecular flexibility index (Phi) is 3.58. The highest BCUT2D eigenvalue weighted by molar-refractivity contribution is 6.32. The predicted octanol–water partition coefficient (Wildman–Crippen LogP) is 3.34. The zero-order valence-corrected chi connectivity index (χ0v) is 12.6. The third-order valence-corrected chi connectivity index (χ3v) is 4.03. The molecule has 6 heteroatoms. The number of nitrogens with one attached hydrogen (secondary N) is 1. The Morgan fingerprint density at radius 3 is 2.68 bits per heavy atom. The zero-order chi connectivity index (χ0) is 15.9. The lowest BCUT2D eigenvalue weighted by Gasteiger charge is -2.37. The van der Waals surface area contributed by atoms with Crippen LogP contribution in [0.3, 0.4) is 0 Å². The number of phenols is 2. The average Bonchev–Trinajstić information content (AvgIpc) is 2.52. The van der Waals surface area contributed by atoms with Crippen LogP contribution in [0.5, 0.6) is 11.5 Å². The highest BCUT2D eigenvalue weighted by atomic mass is 35.5. The number of anilines is 1. The summed E-state index contributed by atoms with van der Waals surface area (Å²) in [5.41, 5.74) is 1.94. The van der Waals surface area contributed by atoms with Crippen LogP contribution in [0.15, 0.2) is 36.4 Å². The molecule has 3 rings (SSSR count). The van der Waals surface area contributed by atoms with Crippen molar-refractivity contribution in [3.8, 4) is 11.5 Å². The normalized spacial score (nSPS) is 17.1. The molecule has 1 aliphatic heterocycles. The van der Waals surface area contributed by atoms with Crippen LogP contribution in [0.2, 0.25) is 5.02 Å². The van der Waals surface area contributed by atoms with E-state index in [9.17, 15) is 15.0 Å². The van der Waals surface area contributed by atoms with Crippen molar-refractivity contribution in [3.63, 3.8) is 0 Å². The van der Waals surface area contributed by atoms with E-state index in [1.54, 1.807) is 11.0 Å². The van der Waals surface area contributed by atoms with Crippen molar-refractivity contribution in [1.29, 1.82) is 0 Å². The quantitative estimate of drug-likeness (QED) is 0.743. The standard InChI is InChI=1S/C16H15ClN2O3/c1-2-19-15(9-7-11(17)14(21)13(20)8-9)18-12-6-4-3-5-10(12)16(19)22/h3-8,15,18,20-21H,2H2,1H3/t15-/m0/s1. The molecule has 1 amide bonds. The highest BCUT2D eigenvalue weighted by Crippen LogP contribution is 2.39. The van der Waals surface area contributed by atoms with E-state index in [1.807, 2.05) is 25.1 Å². The van der Waals surface area contributed by atoms with Gasteiger partial charge in [0.1, 0.15) is 6.17 Å². The van der Waals surface area contributed by atoms with Gasteiger partial charge in [-0.3, -0.25) is 4.79 Å². The first-order valence-electron chi connectivity index (χ1n) is 6.90. The Morgan fingerprint density at radius 2 is 2.00 bits per heavy atom. The number of benzene rings is 2. The molecule has 3 N–H and O–H groups in total. The number of halogens is 1. The Balaban J connectivity index is 2.09. The van der Waals surface area contributed by atoms with Crippen LogP contribution in [-0.4, -0.2) is 27.6 Å². The van der Waals surface area contributed by atoms with Gasteiger partial charge >= 0.3 is 0 Å². The molecule has 114 valence electrons.